The standard InChI is InChI=1S/C27H30O7/c1-13-15(14-6-8-32-12-14)10-19-16(13)9-17-18(11-21(29)31-4)27(3)20(28)5-7-26(2)24(27)23(22(17)33-19)34-25(26)30/h5-8,12,15,17-19,22-24H,9-11H2,1-4H3/t15-,17+,18+,19+,22+,23+,24+,26-,27+/m1/s1. The van der Waals surface area contributed by atoms with E-state index in [1.165, 1.54) is 24.3 Å². The van der Waals surface area contributed by atoms with E-state index < -0.39 is 22.9 Å². The van der Waals surface area contributed by atoms with Crippen LogP contribution in [0.3, 0.4) is 0 Å². The minimum atomic E-state index is -0.928. The van der Waals surface area contributed by atoms with Gasteiger partial charge in [0, 0.05) is 23.7 Å². The first-order valence-electron chi connectivity index (χ1n) is 12.1. The highest BCUT2D eigenvalue weighted by Gasteiger charge is 2.73. The minimum Gasteiger partial charge on any atom is -0.472 e. The fourth-order valence-electron chi connectivity index (χ4n) is 7.90. The van der Waals surface area contributed by atoms with E-state index in [-0.39, 0.29) is 54.1 Å². The minimum absolute atomic E-state index is 0.0545. The Morgan fingerprint density at radius 1 is 1.24 bits per heavy atom. The molecule has 5 aliphatic rings. The third kappa shape index (κ3) is 2.65. The van der Waals surface area contributed by atoms with Crippen LogP contribution in [0.4, 0.5) is 0 Å². The molecule has 1 aromatic heterocycles. The fourth-order valence-corrected chi connectivity index (χ4v) is 7.90. The first-order valence-corrected chi connectivity index (χ1v) is 12.1. The van der Waals surface area contributed by atoms with Crippen molar-refractivity contribution >= 4 is 17.7 Å². The van der Waals surface area contributed by atoms with Crippen LogP contribution in [0.25, 0.3) is 0 Å². The van der Waals surface area contributed by atoms with Gasteiger partial charge in [-0.1, -0.05) is 18.6 Å². The van der Waals surface area contributed by atoms with Crippen LogP contribution < -0.4 is 0 Å². The van der Waals surface area contributed by atoms with Gasteiger partial charge in [0.2, 0.25) is 0 Å². The van der Waals surface area contributed by atoms with Crippen molar-refractivity contribution in [3.63, 3.8) is 0 Å². The molecule has 3 aliphatic carbocycles. The lowest BCUT2D eigenvalue weighted by molar-refractivity contribution is -0.204. The summed E-state index contributed by atoms with van der Waals surface area (Å²) in [5, 5.41) is 0. The number of ether oxygens (including phenoxy) is 3. The predicted octanol–water partition coefficient (Wildman–Crippen LogP) is 3.74. The third-order valence-electron chi connectivity index (χ3n) is 9.65. The van der Waals surface area contributed by atoms with E-state index in [1.807, 2.05) is 19.9 Å². The molecule has 1 aromatic rings. The van der Waals surface area contributed by atoms with Crippen molar-refractivity contribution in [2.75, 3.05) is 7.11 Å². The highest BCUT2D eigenvalue weighted by Crippen LogP contribution is 2.65. The lowest BCUT2D eigenvalue weighted by atomic mass is 9.45. The maximum atomic E-state index is 13.5. The third-order valence-corrected chi connectivity index (χ3v) is 9.65. The summed E-state index contributed by atoms with van der Waals surface area (Å²) in [4.78, 5) is 39.2. The number of hydrogen-bond donors (Lipinski definition) is 0. The van der Waals surface area contributed by atoms with Crippen LogP contribution in [-0.2, 0) is 28.6 Å². The largest absolute Gasteiger partial charge is 0.472 e. The molecule has 180 valence electrons. The van der Waals surface area contributed by atoms with Gasteiger partial charge in [-0.05, 0) is 61.8 Å². The molecule has 0 spiro atoms. The van der Waals surface area contributed by atoms with Gasteiger partial charge < -0.3 is 18.6 Å². The normalized spacial score (nSPS) is 44.4. The number of ketones is 1. The van der Waals surface area contributed by atoms with Crippen molar-refractivity contribution < 1.29 is 33.0 Å². The van der Waals surface area contributed by atoms with Crippen LogP contribution in [0.5, 0.6) is 0 Å². The van der Waals surface area contributed by atoms with Crippen molar-refractivity contribution in [2.24, 2.45) is 28.6 Å². The van der Waals surface area contributed by atoms with E-state index >= 15 is 0 Å². The van der Waals surface area contributed by atoms with E-state index in [0.717, 1.165) is 12.0 Å². The average molecular weight is 467 g/mol. The molecular formula is C27H30O7. The molecule has 0 amide bonds. The van der Waals surface area contributed by atoms with Crippen molar-refractivity contribution in [2.45, 2.75) is 64.3 Å². The Bertz CT molecular complexity index is 1130. The molecular weight excluding hydrogens is 436 g/mol. The molecule has 7 nitrogen and oxygen atoms in total. The van der Waals surface area contributed by atoms with Gasteiger partial charge in [0.05, 0.1) is 37.3 Å². The lowest BCUT2D eigenvalue weighted by Crippen LogP contribution is -2.65. The number of methoxy groups -OCH3 is 1. The number of furan rings is 1. The maximum absolute atomic E-state index is 13.5. The maximum Gasteiger partial charge on any atom is 0.316 e. The number of esters is 2. The van der Waals surface area contributed by atoms with Gasteiger partial charge in [0.15, 0.2) is 5.78 Å². The number of carbonyl (C=O) groups excluding carboxylic acids is 3. The second-order valence-electron chi connectivity index (χ2n) is 11.0. The molecule has 34 heavy (non-hydrogen) atoms. The molecule has 7 heteroatoms. The van der Waals surface area contributed by atoms with E-state index in [9.17, 15) is 14.4 Å². The summed E-state index contributed by atoms with van der Waals surface area (Å²) < 4.78 is 23.1. The van der Waals surface area contributed by atoms with E-state index in [1.54, 1.807) is 18.6 Å². The molecule has 0 bridgehead atoms. The molecule has 3 heterocycles. The Kier molecular flexibility index (Phi) is 4.60. The summed E-state index contributed by atoms with van der Waals surface area (Å²) in [6.07, 6.45) is 7.33. The topological polar surface area (TPSA) is 92.0 Å². The fraction of sp³-hybridized carbons (Fsp3) is 0.593. The first-order chi connectivity index (χ1) is 16.2. The Hall–Kier alpha value is -2.67. The van der Waals surface area contributed by atoms with Crippen LogP contribution in [0.2, 0.25) is 0 Å². The zero-order valence-corrected chi connectivity index (χ0v) is 19.9. The highest BCUT2D eigenvalue weighted by atomic mass is 16.6. The Morgan fingerprint density at radius 3 is 2.74 bits per heavy atom. The zero-order valence-electron chi connectivity index (χ0n) is 19.9. The van der Waals surface area contributed by atoms with Gasteiger partial charge in [0.25, 0.3) is 0 Å². The summed E-state index contributed by atoms with van der Waals surface area (Å²) in [5.74, 6) is -1.38. The number of carbonyl (C=O) groups is 3. The van der Waals surface area contributed by atoms with Crippen molar-refractivity contribution in [1.29, 1.82) is 0 Å². The Balaban J connectivity index is 1.46. The number of rotatable bonds is 3. The summed E-state index contributed by atoms with van der Waals surface area (Å²) in [6.45, 7) is 5.90. The summed E-state index contributed by atoms with van der Waals surface area (Å²) in [7, 11) is 1.37. The van der Waals surface area contributed by atoms with Crippen LogP contribution in [0.15, 0.2) is 46.3 Å². The molecule has 0 aromatic carbocycles. The van der Waals surface area contributed by atoms with Crippen LogP contribution >= 0.6 is 0 Å². The lowest BCUT2D eigenvalue weighted by Gasteiger charge is -2.58. The highest BCUT2D eigenvalue weighted by molar-refractivity contribution is 6.00. The summed E-state index contributed by atoms with van der Waals surface area (Å²) >= 11 is 0. The van der Waals surface area contributed by atoms with Gasteiger partial charge in [-0.25, -0.2) is 0 Å². The second-order valence-corrected chi connectivity index (χ2v) is 11.0. The van der Waals surface area contributed by atoms with E-state index in [2.05, 4.69) is 6.92 Å². The molecule has 2 aliphatic heterocycles. The quantitative estimate of drug-likeness (QED) is 0.495. The van der Waals surface area contributed by atoms with E-state index in [4.69, 9.17) is 18.6 Å². The molecule has 0 unspecified atom stereocenters. The number of hydrogen-bond acceptors (Lipinski definition) is 7. The van der Waals surface area contributed by atoms with Crippen LogP contribution in [-0.4, -0.2) is 43.1 Å². The van der Waals surface area contributed by atoms with Gasteiger partial charge in [0.1, 0.15) is 6.10 Å². The molecule has 9 atom stereocenters. The molecule has 0 N–H and O–H groups in total. The molecule has 0 radical (unpaired) electrons. The Morgan fingerprint density at radius 2 is 2.03 bits per heavy atom. The SMILES string of the molecule is COC(=O)C[C@H]1[C@@H]2CC3=C(C)[C@H](c4ccoc4)C[C@@H]3O[C@@H]2[C@@H]2OC(=O)[C@]3(C)C=CC(=O)[C@@]1(C)[C@@H]23. The van der Waals surface area contributed by atoms with Gasteiger partial charge >= 0.3 is 11.9 Å². The number of allylic oxidation sites excluding steroid dienone is 2. The van der Waals surface area contributed by atoms with Gasteiger partial charge in [-0.15, -0.1) is 0 Å². The predicted molar refractivity (Wildman–Crippen MR) is 119 cm³/mol. The molecule has 1 saturated carbocycles. The summed E-state index contributed by atoms with van der Waals surface area (Å²) in [5.41, 5.74) is 1.77. The van der Waals surface area contributed by atoms with Gasteiger partial charge in [-0.3, -0.25) is 14.4 Å². The van der Waals surface area contributed by atoms with Crippen LogP contribution in [0.1, 0.15) is 51.5 Å². The number of fused-ring (bicyclic) bond motifs is 3. The van der Waals surface area contributed by atoms with Crippen molar-refractivity contribution in [1.82, 2.24) is 0 Å². The summed E-state index contributed by atoms with van der Waals surface area (Å²) in [6, 6.07) is 1.99. The van der Waals surface area contributed by atoms with Gasteiger partial charge in [-0.2, -0.15) is 0 Å². The monoisotopic (exact) mass is 466 g/mol. The smallest absolute Gasteiger partial charge is 0.316 e. The first kappa shape index (κ1) is 21.8. The molecule has 6 rings (SSSR count). The van der Waals surface area contributed by atoms with Crippen LogP contribution in [0, 0.1) is 28.6 Å². The van der Waals surface area contributed by atoms with Crippen molar-refractivity contribution in [3.05, 3.63) is 47.5 Å². The van der Waals surface area contributed by atoms with E-state index in [0.29, 0.717) is 6.42 Å². The molecule has 3 fully saturated rings. The van der Waals surface area contributed by atoms with Crippen molar-refractivity contribution in [3.8, 4) is 0 Å². The Labute approximate surface area is 198 Å². The average Bonchev–Trinajstić information content (AvgIpc) is 3.52. The molecule has 2 saturated heterocycles. The second kappa shape index (κ2) is 7.17. The zero-order chi connectivity index (χ0) is 24.0.